The van der Waals surface area contributed by atoms with E-state index in [9.17, 15) is 14.7 Å². The molecule has 2 unspecified atom stereocenters. The van der Waals surface area contributed by atoms with E-state index in [1.165, 1.54) is 5.56 Å². The Morgan fingerprint density at radius 2 is 2.00 bits per heavy atom. The number of aliphatic hydroxyl groups excluding tert-OH is 1. The molecule has 9 heteroatoms. The van der Waals surface area contributed by atoms with Crippen LogP contribution in [0.25, 0.3) is 10.9 Å². The fourth-order valence-electron chi connectivity index (χ4n) is 4.46. The molecule has 1 aliphatic carbocycles. The largest absolute Gasteiger partial charge is 0.491 e. The van der Waals surface area contributed by atoms with E-state index in [2.05, 4.69) is 15.0 Å². The second-order valence-electron chi connectivity index (χ2n) is 9.33. The van der Waals surface area contributed by atoms with Gasteiger partial charge in [-0.25, -0.2) is 0 Å². The molecule has 2 amide bonds. The van der Waals surface area contributed by atoms with Crippen molar-refractivity contribution in [3.63, 3.8) is 0 Å². The topological polar surface area (TPSA) is 104 Å². The van der Waals surface area contributed by atoms with Gasteiger partial charge in [0.25, 0.3) is 0 Å². The maximum Gasteiger partial charge on any atom is 0.223 e. The quantitative estimate of drug-likeness (QED) is 0.367. The third kappa shape index (κ3) is 6.63. The Labute approximate surface area is 221 Å². The van der Waals surface area contributed by atoms with E-state index in [0.29, 0.717) is 17.3 Å². The van der Waals surface area contributed by atoms with Crippen molar-refractivity contribution in [3.05, 3.63) is 64.3 Å². The van der Waals surface area contributed by atoms with E-state index in [-0.39, 0.29) is 31.0 Å². The summed E-state index contributed by atoms with van der Waals surface area (Å²) in [5, 5.41) is 14.6. The van der Waals surface area contributed by atoms with Crippen LogP contribution in [-0.2, 0) is 20.7 Å². The molecule has 2 heterocycles. The Morgan fingerprint density at radius 3 is 2.65 bits per heavy atom. The van der Waals surface area contributed by atoms with Gasteiger partial charge in [0.1, 0.15) is 18.5 Å². The third-order valence-corrected chi connectivity index (χ3v) is 6.88. The average molecular weight is 528 g/mol. The maximum atomic E-state index is 11.8. The molecule has 8 nitrogen and oxygen atoms in total. The summed E-state index contributed by atoms with van der Waals surface area (Å²) < 4.78 is 10.2. The lowest BCUT2D eigenvalue weighted by atomic mass is 9.93. The van der Waals surface area contributed by atoms with Crippen molar-refractivity contribution in [2.24, 2.45) is 5.92 Å². The van der Waals surface area contributed by atoms with Crippen LogP contribution in [0.5, 0.6) is 5.75 Å². The minimum Gasteiger partial charge on any atom is -0.491 e. The van der Waals surface area contributed by atoms with Crippen LogP contribution >= 0.6 is 11.6 Å². The second kappa shape index (κ2) is 12.4. The van der Waals surface area contributed by atoms with Gasteiger partial charge in [-0.2, -0.15) is 0 Å². The zero-order chi connectivity index (χ0) is 26.4. The van der Waals surface area contributed by atoms with Gasteiger partial charge in [0.15, 0.2) is 0 Å². The summed E-state index contributed by atoms with van der Waals surface area (Å²) in [7, 11) is 1.68. The van der Waals surface area contributed by atoms with E-state index in [1.54, 1.807) is 12.0 Å². The van der Waals surface area contributed by atoms with Crippen molar-refractivity contribution in [1.29, 1.82) is 0 Å². The first kappa shape index (κ1) is 27.0. The number of hydrogen-bond acceptors (Lipinski definition) is 5. The number of aliphatic hydroxyl groups is 1. The molecule has 1 saturated carbocycles. The normalized spacial score (nSPS) is 17.4. The standard InChI is InChI=1S/C25H26ClN3O4.C3H8O/c26-17-5-8-22-21(11-17)20-9-10-29(14-30)24(23(20)28-22)15-3-6-19(7-4-15)33-13-18(31)12-27-25(32)16-1-2-16;1-3-4-2/h3-8,11,14,16,18,24,28,31H,1-2,9-10,12-13H2,(H,27,32);3H2,1-2H3. The minimum atomic E-state index is -0.781. The second-order valence-corrected chi connectivity index (χ2v) is 9.77. The molecule has 0 spiro atoms. The van der Waals surface area contributed by atoms with E-state index in [4.69, 9.17) is 16.3 Å². The zero-order valence-corrected chi connectivity index (χ0v) is 22.0. The molecule has 2 atom stereocenters. The van der Waals surface area contributed by atoms with Crippen LogP contribution in [0.4, 0.5) is 0 Å². The number of fused-ring (bicyclic) bond motifs is 3. The van der Waals surface area contributed by atoms with E-state index < -0.39 is 6.10 Å². The number of halogens is 1. The Morgan fingerprint density at radius 1 is 1.27 bits per heavy atom. The van der Waals surface area contributed by atoms with E-state index in [0.717, 1.165) is 54.4 Å². The number of H-pyrrole nitrogens is 1. The highest BCUT2D eigenvalue weighted by Gasteiger charge is 2.31. The lowest BCUT2D eigenvalue weighted by Gasteiger charge is -2.33. The van der Waals surface area contributed by atoms with Crippen molar-refractivity contribution >= 4 is 34.8 Å². The number of benzene rings is 2. The third-order valence-electron chi connectivity index (χ3n) is 6.65. The van der Waals surface area contributed by atoms with Crippen molar-refractivity contribution in [2.45, 2.75) is 38.3 Å². The molecule has 3 aromatic rings. The van der Waals surface area contributed by atoms with Crippen LogP contribution in [-0.4, -0.2) is 66.8 Å². The van der Waals surface area contributed by atoms with Crippen LogP contribution in [0.1, 0.15) is 42.6 Å². The van der Waals surface area contributed by atoms with Gasteiger partial charge in [0.2, 0.25) is 12.3 Å². The number of amides is 2. The highest BCUT2D eigenvalue weighted by molar-refractivity contribution is 6.31. The summed E-state index contributed by atoms with van der Waals surface area (Å²) in [6.07, 6.45) is 2.74. The SMILES string of the molecule is CCOC.O=CN1CCc2c([nH]c3ccc(Cl)cc23)C1c1ccc(OCC(O)CNC(=O)C2CC2)cc1. The first-order valence-corrected chi connectivity index (χ1v) is 13.0. The number of ether oxygens (including phenoxy) is 2. The van der Waals surface area contributed by atoms with Gasteiger partial charge < -0.3 is 29.8 Å². The van der Waals surface area contributed by atoms with Crippen LogP contribution in [0.3, 0.4) is 0 Å². The van der Waals surface area contributed by atoms with Gasteiger partial charge in [0, 0.05) is 54.3 Å². The number of methoxy groups -OCH3 is 1. The Kier molecular flexibility index (Phi) is 9.08. The number of nitrogens with zero attached hydrogens (tertiary/aromatic N) is 1. The number of hydrogen-bond donors (Lipinski definition) is 3. The van der Waals surface area contributed by atoms with Gasteiger partial charge >= 0.3 is 0 Å². The predicted molar refractivity (Wildman–Crippen MR) is 143 cm³/mol. The van der Waals surface area contributed by atoms with Gasteiger partial charge in [-0.05, 0) is 67.6 Å². The molecule has 1 aromatic heterocycles. The molecule has 0 radical (unpaired) electrons. The highest BCUT2D eigenvalue weighted by atomic mass is 35.5. The molecular formula is C28H34ClN3O5. The molecule has 2 aliphatic rings. The Bertz CT molecular complexity index is 1210. The zero-order valence-electron chi connectivity index (χ0n) is 21.2. The van der Waals surface area contributed by atoms with E-state index in [1.807, 2.05) is 49.4 Å². The number of carbonyl (C=O) groups is 2. The minimum absolute atomic E-state index is 0.00392. The Hall–Kier alpha value is -3.07. The molecule has 5 rings (SSSR count). The van der Waals surface area contributed by atoms with Gasteiger partial charge in [-0.1, -0.05) is 23.7 Å². The number of carbonyl (C=O) groups excluding carboxylic acids is 2. The van der Waals surface area contributed by atoms with Crippen LogP contribution in [0, 0.1) is 5.92 Å². The van der Waals surface area contributed by atoms with Gasteiger partial charge in [0.05, 0.1) is 6.04 Å². The average Bonchev–Trinajstić information content (AvgIpc) is 3.72. The van der Waals surface area contributed by atoms with Crippen LogP contribution < -0.4 is 10.1 Å². The van der Waals surface area contributed by atoms with Crippen molar-refractivity contribution in [1.82, 2.24) is 15.2 Å². The Balaban J connectivity index is 0.000000747. The van der Waals surface area contributed by atoms with Crippen molar-refractivity contribution < 1.29 is 24.2 Å². The lowest BCUT2D eigenvalue weighted by Crippen LogP contribution is -2.36. The molecule has 3 N–H and O–H groups in total. The van der Waals surface area contributed by atoms with Crippen LogP contribution in [0.2, 0.25) is 5.02 Å². The van der Waals surface area contributed by atoms with Gasteiger partial charge in [-0.15, -0.1) is 0 Å². The molecule has 1 aliphatic heterocycles. The molecule has 0 saturated heterocycles. The van der Waals surface area contributed by atoms with Gasteiger partial charge in [-0.3, -0.25) is 9.59 Å². The summed E-state index contributed by atoms with van der Waals surface area (Å²) in [5.41, 5.74) is 4.16. The van der Waals surface area contributed by atoms with Crippen molar-refractivity contribution in [2.75, 3.05) is 33.4 Å². The lowest BCUT2D eigenvalue weighted by molar-refractivity contribution is -0.123. The highest BCUT2D eigenvalue weighted by Crippen LogP contribution is 2.38. The molecule has 1 fully saturated rings. The molecule has 2 aromatic carbocycles. The summed E-state index contributed by atoms with van der Waals surface area (Å²) in [6.45, 7) is 3.66. The molecule has 0 bridgehead atoms. The van der Waals surface area contributed by atoms with Crippen molar-refractivity contribution in [3.8, 4) is 5.75 Å². The number of rotatable bonds is 9. The molecule has 37 heavy (non-hydrogen) atoms. The number of nitrogens with one attached hydrogen (secondary N) is 2. The fraction of sp³-hybridized carbons (Fsp3) is 0.429. The van der Waals surface area contributed by atoms with Crippen LogP contribution in [0.15, 0.2) is 42.5 Å². The molecule has 198 valence electrons. The maximum absolute atomic E-state index is 11.8. The molecular weight excluding hydrogens is 494 g/mol. The van der Waals surface area contributed by atoms with E-state index >= 15 is 0 Å². The summed E-state index contributed by atoms with van der Waals surface area (Å²) >= 11 is 6.22. The summed E-state index contributed by atoms with van der Waals surface area (Å²) in [5.74, 6) is 0.735. The fourth-order valence-corrected chi connectivity index (χ4v) is 4.63. The summed E-state index contributed by atoms with van der Waals surface area (Å²) in [4.78, 5) is 28.8. The first-order valence-electron chi connectivity index (χ1n) is 12.6. The smallest absolute Gasteiger partial charge is 0.223 e. The predicted octanol–water partition coefficient (Wildman–Crippen LogP) is 3.84. The number of aromatic amines is 1. The first-order chi connectivity index (χ1) is 17.9. The number of aromatic nitrogens is 1. The monoisotopic (exact) mass is 527 g/mol. The summed E-state index contributed by atoms with van der Waals surface area (Å²) in [6, 6.07) is 13.1.